The second kappa shape index (κ2) is 8.23. The Kier molecular flexibility index (Phi) is 5.74. The zero-order chi connectivity index (χ0) is 21.0. The summed E-state index contributed by atoms with van der Waals surface area (Å²) in [5.41, 5.74) is 2.51. The first-order valence-corrected chi connectivity index (χ1v) is 9.22. The molecular formula is C22H22FN5O. The molecule has 0 atom stereocenters. The Morgan fingerprint density at radius 3 is 2.76 bits per heavy atom. The number of halogens is 1. The molecule has 1 aromatic carbocycles. The largest absolute Gasteiger partial charge is 0.309 e. The van der Waals surface area contributed by atoms with Crippen molar-refractivity contribution in [2.24, 2.45) is 0 Å². The summed E-state index contributed by atoms with van der Waals surface area (Å²) >= 11 is 0. The third-order valence-electron chi connectivity index (χ3n) is 4.44. The summed E-state index contributed by atoms with van der Waals surface area (Å²) in [6.07, 6.45) is 2.97. The van der Waals surface area contributed by atoms with E-state index < -0.39 is 5.82 Å². The van der Waals surface area contributed by atoms with Crippen LogP contribution in [0.15, 0.2) is 48.8 Å². The molecule has 0 bridgehead atoms. The second-order valence-electron chi connectivity index (χ2n) is 7.80. The number of hydrogen-bond donors (Lipinski definition) is 1. The maximum Gasteiger partial charge on any atom is 0.230 e. The van der Waals surface area contributed by atoms with Crippen LogP contribution in [0.25, 0.3) is 0 Å². The molecule has 0 aliphatic heterocycles. The van der Waals surface area contributed by atoms with Gasteiger partial charge in [0.2, 0.25) is 5.91 Å². The van der Waals surface area contributed by atoms with Crippen LogP contribution in [0.1, 0.15) is 43.2 Å². The fourth-order valence-electron chi connectivity index (χ4n) is 3.10. The number of hydrogen-bond acceptors (Lipinski definition) is 4. The van der Waals surface area contributed by atoms with E-state index >= 15 is 0 Å². The third kappa shape index (κ3) is 5.05. The number of nitrogens with zero attached hydrogens (tertiary/aromatic N) is 4. The van der Waals surface area contributed by atoms with Crippen LogP contribution in [0.5, 0.6) is 0 Å². The second-order valence-corrected chi connectivity index (χ2v) is 7.80. The third-order valence-corrected chi connectivity index (χ3v) is 4.44. The predicted molar refractivity (Wildman–Crippen MR) is 108 cm³/mol. The summed E-state index contributed by atoms with van der Waals surface area (Å²) in [5, 5.41) is 16.0. The Labute approximate surface area is 169 Å². The summed E-state index contributed by atoms with van der Waals surface area (Å²) in [6, 6.07) is 12.8. The lowest BCUT2D eigenvalue weighted by atomic mass is 9.83. The number of nitriles is 1. The van der Waals surface area contributed by atoms with Gasteiger partial charge in [-0.25, -0.2) is 4.39 Å². The van der Waals surface area contributed by atoms with Gasteiger partial charge in [0, 0.05) is 12.3 Å². The number of anilines is 1. The van der Waals surface area contributed by atoms with Gasteiger partial charge in [0.25, 0.3) is 0 Å². The first kappa shape index (κ1) is 20.2. The lowest BCUT2D eigenvalue weighted by Gasteiger charge is -2.22. The SMILES string of the molecule is CC(C)(C)c1ccccc1CC(=O)Nc1ccn(Cc2cc(C#N)c(F)cn2)n1. The summed E-state index contributed by atoms with van der Waals surface area (Å²) in [5.74, 6) is -0.385. The van der Waals surface area contributed by atoms with E-state index in [-0.39, 0.29) is 29.9 Å². The number of carbonyl (C=O) groups is 1. The molecule has 3 aromatic rings. The van der Waals surface area contributed by atoms with Crippen molar-refractivity contribution in [3.63, 3.8) is 0 Å². The minimum atomic E-state index is -0.653. The number of pyridine rings is 1. The van der Waals surface area contributed by atoms with Crippen molar-refractivity contribution in [3.05, 3.63) is 77.0 Å². The topological polar surface area (TPSA) is 83.6 Å². The van der Waals surface area contributed by atoms with Gasteiger partial charge in [-0.1, -0.05) is 45.0 Å². The average Bonchev–Trinajstić information content (AvgIpc) is 3.09. The van der Waals surface area contributed by atoms with Gasteiger partial charge in [-0.3, -0.25) is 14.5 Å². The van der Waals surface area contributed by atoms with Crippen LogP contribution in [0, 0.1) is 17.1 Å². The molecule has 2 aromatic heterocycles. The van der Waals surface area contributed by atoms with Crippen LogP contribution in [0.4, 0.5) is 10.2 Å². The maximum atomic E-state index is 13.4. The molecule has 29 heavy (non-hydrogen) atoms. The standard InChI is InChI=1S/C22H22FN5O/c1-22(2,3)18-7-5-4-6-15(18)11-21(29)26-20-8-9-28(27-20)14-17-10-16(12-24)19(23)13-25-17/h4-10,13H,11,14H2,1-3H3,(H,26,27,29). The van der Waals surface area contributed by atoms with E-state index in [2.05, 4.69) is 36.2 Å². The van der Waals surface area contributed by atoms with Crippen LogP contribution in [0.3, 0.4) is 0 Å². The molecule has 1 amide bonds. The van der Waals surface area contributed by atoms with Crippen LogP contribution in [0.2, 0.25) is 0 Å². The van der Waals surface area contributed by atoms with Crippen LogP contribution < -0.4 is 5.32 Å². The van der Waals surface area contributed by atoms with Gasteiger partial charge >= 0.3 is 0 Å². The minimum absolute atomic E-state index is 0.0527. The Morgan fingerprint density at radius 2 is 2.03 bits per heavy atom. The Morgan fingerprint density at radius 1 is 1.28 bits per heavy atom. The summed E-state index contributed by atoms with van der Waals surface area (Å²) in [7, 11) is 0. The molecule has 0 spiro atoms. The van der Waals surface area contributed by atoms with Crippen LogP contribution >= 0.6 is 0 Å². The quantitative estimate of drug-likeness (QED) is 0.717. The van der Waals surface area contributed by atoms with Gasteiger partial charge in [-0.2, -0.15) is 10.4 Å². The van der Waals surface area contributed by atoms with Crippen molar-refractivity contribution in [2.45, 2.75) is 39.2 Å². The lowest BCUT2D eigenvalue weighted by Crippen LogP contribution is -2.20. The van der Waals surface area contributed by atoms with Crippen molar-refractivity contribution >= 4 is 11.7 Å². The molecule has 0 aliphatic rings. The summed E-state index contributed by atoms with van der Waals surface area (Å²) in [6.45, 7) is 6.61. The fraction of sp³-hybridized carbons (Fsp3) is 0.273. The first-order valence-electron chi connectivity index (χ1n) is 9.22. The van der Waals surface area contributed by atoms with E-state index in [1.807, 2.05) is 24.3 Å². The molecule has 6 nitrogen and oxygen atoms in total. The molecule has 1 N–H and O–H groups in total. The lowest BCUT2D eigenvalue weighted by molar-refractivity contribution is -0.115. The Hall–Kier alpha value is -3.53. The van der Waals surface area contributed by atoms with Crippen molar-refractivity contribution in [1.29, 1.82) is 5.26 Å². The van der Waals surface area contributed by atoms with E-state index in [1.54, 1.807) is 23.0 Å². The molecule has 0 aliphatic carbocycles. The molecule has 0 radical (unpaired) electrons. The number of rotatable bonds is 5. The molecule has 2 heterocycles. The van der Waals surface area contributed by atoms with E-state index in [0.717, 1.165) is 17.3 Å². The zero-order valence-electron chi connectivity index (χ0n) is 16.6. The molecule has 7 heteroatoms. The zero-order valence-corrected chi connectivity index (χ0v) is 16.6. The van der Waals surface area contributed by atoms with Gasteiger partial charge < -0.3 is 5.32 Å². The van der Waals surface area contributed by atoms with Gasteiger partial charge in [-0.05, 0) is 22.6 Å². The molecule has 0 saturated heterocycles. The van der Waals surface area contributed by atoms with E-state index in [1.165, 1.54) is 6.07 Å². The number of carbonyl (C=O) groups excluding carboxylic acids is 1. The smallest absolute Gasteiger partial charge is 0.230 e. The van der Waals surface area contributed by atoms with E-state index in [0.29, 0.717) is 11.5 Å². The monoisotopic (exact) mass is 391 g/mol. The van der Waals surface area contributed by atoms with Crippen molar-refractivity contribution < 1.29 is 9.18 Å². The van der Waals surface area contributed by atoms with Gasteiger partial charge in [0.1, 0.15) is 6.07 Å². The predicted octanol–water partition coefficient (Wildman–Crippen LogP) is 3.82. The number of aromatic nitrogens is 3. The molecule has 148 valence electrons. The number of benzene rings is 1. The van der Waals surface area contributed by atoms with E-state index in [4.69, 9.17) is 5.26 Å². The molecule has 0 saturated carbocycles. The van der Waals surface area contributed by atoms with Gasteiger partial charge in [0.05, 0.1) is 30.4 Å². The highest BCUT2D eigenvalue weighted by Gasteiger charge is 2.19. The highest BCUT2D eigenvalue weighted by atomic mass is 19.1. The summed E-state index contributed by atoms with van der Waals surface area (Å²) < 4.78 is 15.0. The highest BCUT2D eigenvalue weighted by Crippen LogP contribution is 2.26. The van der Waals surface area contributed by atoms with Crippen LogP contribution in [-0.2, 0) is 23.2 Å². The Balaban J connectivity index is 1.66. The molecule has 0 fully saturated rings. The van der Waals surface area contributed by atoms with Crippen LogP contribution in [-0.4, -0.2) is 20.7 Å². The molecule has 0 unspecified atom stereocenters. The first-order chi connectivity index (χ1) is 13.8. The minimum Gasteiger partial charge on any atom is -0.309 e. The number of amides is 1. The average molecular weight is 391 g/mol. The molecular weight excluding hydrogens is 369 g/mol. The van der Waals surface area contributed by atoms with Gasteiger partial charge in [-0.15, -0.1) is 0 Å². The number of nitrogens with one attached hydrogen (secondary N) is 1. The fourth-order valence-corrected chi connectivity index (χ4v) is 3.10. The normalized spacial score (nSPS) is 11.1. The van der Waals surface area contributed by atoms with Crippen molar-refractivity contribution in [2.75, 3.05) is 5.32 Å². The molecule has 3 rings (SSSR count). The van der Waals surface area contributed by atoms with Gasteiger partial charge in [0.15, 0.2) is 11.6 Å². The summed E-state index contributed by atoms with van der Waals surface area (Å²) in [4.78, 5) is 16.5. The van der Waals surface area contributed by atoms with Crippen molar-refractivity contribution in [1.82, 2.24) is 14.8 Å². The van der Waals surface area contributed by atoms with E-state index in [9.17, 15) is 9.18 Å². The van der Waals surface area contributed by atoms with Crippen molar-refractivity contribution in [3.8, 4) is 6.07 Å². The highest BCUT2D eigenvalue weighted by molar-refractivity contribution is 5.91. The maximum absolute atomic E-state index is 13.4. The Bertz CT molecular complexity index is 1080.